The van der Waals surface area contributed by atoms with E-state index in [2.05, 4.69) is 0 Å². The fraction of sp³-hybridized carbons (Fsp3) is 0.533. The highest BCUT2D eigenvalue weighted by Gasteiger charge is 2.26. The summed E-state index contributed by atoms with van der Waals surface area (Å²) in [6.45, 7) is 5.25. The van der Waals surface area contributed by atoms with Gasteiger partial charge < -0.3 is 4.74 Å². The van der Waals surface area contributed by atoms with E-state index in [0.717, 1.165) is 4.31 Å². The smallest absolute Gasteiger partial charge is 0.243 e. The summed E-state index contributed by atoms with van der Waals surface area (Å²) in [5.74, 6) is 0.543. The van der Waals surface area contributed by atoms with Crippen molar-refractivity contribution in [2.75, 3.05) is 20.7 Å². The predicted octanol–water partition coefficient (Wildman–Crippen LogP) is 2.30. The van der Waals surface area contributed by atoms with Crippen molar-refractivity contribution < 1.29 is 17.9 Å². The fourth-order valence-corrected chi connectivity index (χ4v) is 3.84. The Kier molecular flexibility index (Phi) is 5.92. The average Bonchev–Trinajstić information content (AvgIpc) is 2.37. The molecule has 0 radical (unpaired) electrons. The molecule has 118 valence electrons. The molecule has 0 unspecified atom stereocenters. The van der Waals surface area contributed by atoms with Gasteiger partial charge in [-0.25, -0.2) is 8.42 Å². The van der Waals surface area contributed by atoms with Crippen molar-refractivity contribution in [2.24, 2.45) is 0 Å². The number of ketones is 1. The lowest BCUT2D eigenvalue weighted by molar-refractivity contribution is -0.119. The van der Waals surface area contributed by atoms with Crippen LogP contribution >= 0.6 is 0 Å². The molecule has 0 saturated heterocycles. The number of nitrogens with zero attached hydrogens (tertiary/aromatic N) is 1. The Balaban J connectivity index is 3.16. The number of benzene rings is 1. The minimum absolute atomic E-state index is 0.0765. The molecule has 0 spiro atoms. The second-order valence-corrected chi connectivity index (χ2v) is 7.12. The number of carbonyl (C=O) groups excluding carboxylic acids is 1. The van der Waals surface area contributed by atoms with E-state index in [4.69, 9.17) is 4.74 Å². The number of sulfonamides is 1. The highest BCUT2D eigenvalue weighted by molar-refractivity contribution is 7.89. The van der Waals surface area contributed by atoms with E-state index < -0.39 is 10.0 Å². The summed E-state index contributed by atoms with van der Waals surface area (Å²) in [5.41, 5.74) is 1.23. The van der Waals surface area contributed by atoms with Crippen LogP contribution in [0.4, 0.5) is 0 Å². The minimum atomic E-state index is -3.68. The number of methoxy groups -OCH3 is 1. The maximum Gasteiger partial charge on any atom is 0.243 e. The molecule has 0 N–H and O–H groups in total. The van der Waals surface area contributed by atoms with Crippen LogP contribution in [-0.4, -0.2) is 39.2 Å². The molecule has 0 aromatic heterocycles. The Bertz CT molecular complexity index is 600. The number of carbonyl (C=O) groups is 1. The molecule has 5 nitrogen and oxygen atoms in total. The largest absolute Gasteiger partial charge is 0.497 e. The quantitative estimate of drug-likeness (QED) is 0.775. The van der Waals surface area contributed by atoms with Crippen LogP contribution in [0.25, 0.3) is 0 Å². The van der Waals surface area contributed by atoms with Crippen LogP contribution in [0.5, 0.6) is 5.75 Å². The monoisotopic (exact) mass is 313 g/mol. The first-order chi connectivity index (χ1) is 9.73. The molecule has 21 heavy (non-hydrogen) atoms. The molecule has 0 fully saturated rings. The lowest BCUT2D eigenvalue weighted by Crippen LogP contribution is -2.33. The van der Waals surface area contributed by atoms with E-state index in [9.17, 15) is 13.2 Å². The SMILES string of the molecule is CCCC(=O)CN(C)S(=O)(=O)c1c(C)cc(OC)cc1C. The van der Waals surface area contributed by atoms with Gasteiger partial charge in [-0.05, 0) is 43.5 Å². The second kappa shape index (κ2) is 7.04. The summed E-state index contributed by atoms with van der Waals surface area (Å²) in [7, 11) is -0.706. The van der Waals surface area contributed by atoms with Crippen molar-refractivity contribution in [3.05, 3.63) is 23.3 Å². The van der Waals surface area contributed by atoms with Crippen LogP contribution < -0.4 is 4.74 Å². The van der Waals surface area contributed by atoms with Crippen molar-refractivity contribution in [2.45, 2.75) is 38.5 Å². The van der Waals surface area contributed by atoms with E-state index in [1.165, 1.54) is 14.2 Å². The third-order valence-electron chi connectivity index (χ3n) is 3.27. The van der Waals surface area contributed by atoms with Crippen LogP contribution in [0.15, 0.2) is 17.0 Å². The van der Waals surface area contributed by atoms with Crippen molar-refractivity contribution in [3.8, 4) is 5.75 Å². The molecule has 1 aromatic carbocycles. The first kappa shape index (κ1) is 17.7. The lowest BCUT2D eigenvalue weighted by Gasteiger charge is -2.20. The minimum Gasteiger partial charge on any atom is -0.497 e. The van der Waals surface area contributed by atoms with Gasteiger partial charge in [-0.2, -0.15) is 4.31 Å². The van der Waals surface area contributed by atoms with Gasteiger partial charge in [0.15, 0.2) is 0 Å². The Morgan fingerprint density at radius 1 is 1.24 bits per heavy atom. The first-order valence-corrected chi connectivity index (χ1v) is 8.31. The zero-order chi connectivity index (χ0) is 16.2. The van der Waals surface area contributed by atoms with Gasteiger partial charge in [0.2, 0.25) is 10.0 Å². The van der Waals surface area contributed by atoms with E-state index in [0.29, 0.717) is 29.7 Å². The Hall–Kier alpha value is -1.40. The maximum absolute atomic E-state index is 12.6. The molecule has 0 heterocycles. The van der Waals surface area contributed by atoms with E-state index >= 15 is 0 Å². The Morgan fingerprint density at radius 3 is 2.19 bits per heavy atom. The first-order valence-electron chi connectivity index (χ1n) is 6.87. The van der Waals surface area contributed by atoms with Gasteiger partial charge >= 0.3 is 0 Å². The molecule has 0 saturated carbocycles. The zero-order valence-corrected chi connectivity index (χ0v) is 14.1. The summed E-state index contributed by atoms with van der Waals surface area (Å²) >= 11 is 0. The number of ether oxygens (including phenoxy) is 1. The van der Waals surface area contributed by atoms with Crippen LogP contribution in [0.2, 0.25) is 0 Å². The second-order valence-electron chi connectivity index (χ2n) is 5.14. The summed E-state index contributed by atoms with van der Waals surface area (Å²) < 4.78 is 31.5. The Morgan fingerprint density at radius 2 is 1.76 bits per heavy atom. The third-order valence-corrected chi connectivity index (χ3v) is 5.38. The predicted molar refractivity (Wildman–Crippen MR) is 82.2 cm³/mol. The molecule has 1 rings (SSSR count). The molecule has 6 heteroatoms. The number of Topliss-reactive ketones (excluding diaryl/α,β-unsaturated/α-hetero) is 1. The highest BCUT2D eigenvalue weighted by atomic mass is 32.2. The zero-order valence-electron chi connectivity index (χ0n) is 13.3. The van der Waals surface area contributed by atoms with Crippen LogP contribution in [0.3, 0.4) is 0 Å². The van der Waals surface area contributed by atoms with Gasteiger partial charge in [0.1, 0.15) is 11.5 Å². The molecule has 1 aromatic rings. The van der Waals surface area contributed by atoms with E-state index in [1.54, 1.807) is 26.0 Å². The normalized spacial score (nSPS) is 11.7. The highest BCUT2D eigenvalue weighted by Crippen LogP contribution is 2.27. The summed E-state index contributed by atoms with van der Waals surface area (Å²) in [6.07, 6.45) is 1.10. The lowest BCUT2D eigenvalue weighted by atomic mass is 10.1. The van der Waals surface area contributed by atoms with Gasteiger partial charge in [0.05, 0.1) is 18.6 Å². The summed E-state index contributed by atoms with van der Waals surface area (Å²) in [5, 5.41) is 0. The van der Waals surface area contributed by atoms with Crippen molar-refractivity contribution in [3.63, 3.8) is 0 Å². The van der Waals surface area contributed by atoms with Gasteiger partial charge in [0, 0.05) is 13.5 Å². The summed E-state index contributed by atoms with van der Waals surface area (Å²) in [4.78, 5) is 11.9. The van der Waals surface area contributed by atoms with Crippen LogP contribution in [0, 0.1) is 13.8 Å². The van der Waals surface area contributed by atoms with Crippen molar-refractivity contribution >= 4 is 15.8 Å². The third kappa shape index (κ3) is 4.04. The number of hydrogen-bond acceptors (Lipinski definition) is 4. The van der Waals surface area contributed by atoms with Gasteiger partial charge in [-0.3, -0.25) is 4.79 Å². The molecule has 0 amide bonds. The maximum atomic E-state index is 12.6. The van der Waals surface area contributed by atoms with E-state index in [1.807, 2.05) is 6.92 Å². The number of aryl methyl sites for hydroxylation is 2. The standard InChI is InChI=1S/C15H23NO4S/c1-6-7-13(17)10-16(4)21(18,19)15-11(2)8-14(20-5)9-12(15)3/h8-9H,6-7,10H2,1-5H3. The molecular weight excluding hydrogens is 290 g/mol. The van der Waals surface area contributed by atoms with Crippen molar-refractivity contribution in [1.29, 1.82) is 0 Å². The topological polar surface area (TPSA) is 63.7 Å². The molecule has 0 aliphatic rings. The molecule has 0 aliphatic carbocycles. The van der Waals surface area contributed by atoms with E-state index in [-0.39, 0.29) is 17.2 Å². The fourth-order valence-electron chi connectivity index (χ4n) is 2.28. The number of hydrogen-bond donors (Lipinski definition) is 0. The molecule has 0 atom stereocenters. The van der Waals surface area contributed by atoms with Crippen LogP contribution in [-0.2, 0) is 14.8 Å². The van der Waals surface area contributed by atoms with Crippen molar-refractivity contribution in [1.82, 2.24) is 4.31 Å². The molecular formula is C15H23NO4S. The Labute approximate surface area is 127 Å². The number of rotatable bonds is 7. The molecule has 0 bridgehead atoms. The summed E-state index contributed by atoms with van der Waals surface area (Å²) in [6, 6.07) is 3.36. The average molecular weight is 313 g/mol. The van der Waals surface area contributed by atoms with Gasteiger partial charge in [-0.15, -0.1) is 0 Å². The van der Waals surface area contributed by atoms with Gasteiger partial charge in [-0.1, -0.05) is 6.92 Å². The molecule has 0 aliphatic heterocycles. The number of likely N-dealkylation sites (N-methyl/N-ethyl adjacent to an activating group) is 1. The van der Waals surface area contributed by atoms with Crippen LogP contribution in [0.1, 0.15) is 30.9 Å². The van der Waals surface area contributed by atoms with Gasteiger partial charge in [0.25, 0.3) is 0 Å².